The van der Waals surface area contributed by atoms with E-state index in [0.717, 1.165) is 6.42 Å². The second kappa shape index (κ2) is 6.20. The maximum absolute atomic E-state index is 11.7. The van der Waals surface area contributed by atoms with Crippen LogP contribution in [0.1, 0.15) is 30.1 Å². The second-order valence-electron chi connectivity index (χ2n) is 3.38. The molecule has 17 heavy (non-hydrogen) atoms. The summed E-state index contributed by atoms with van der Waals surface area (Å²) >= 11 is 5.78. The lowest BCUT2D eigenvalue weighted by molar-refractivity contribution is -0.385. The Balaban J connectivity index is 2.95. The Hall–Kier alpha value is -1.62. The van der Waals surface area contributed by atoms with Crippen molar-refractivity contribution >= 4 is 23.3 Å². The summed E-state index contributed by atoms with van der Waals surface area (Å²) in [4.78, 5) is 21.8. The average Bonchev–Trinajstić information content (AvgIpc) is 2.28. The molecule has 1 aromatic rings. The summed E-state index contributed by atoms with van der Waals surface area (Å²) < 4.78 is 4.91. The van der Waals surface area contributed by atoms with E-state index in [1.807, 2.05) is 6.92 Å². The van der Waals surface area contributed by atoms with Crippen LogP contribution in [0.25, 0.3) is 0 Å². The van der Waals surface area contributed by atoms with Crippen molar-refractivity contribution in [3.05, 3.63) is 38.9 Å². The molecule has 0 N–H and O–H groups in total. The molecule has 0 aliphatic carbocycles. The fourth-order valence-electron chi connectivity index (χ4n) is 1.25. The van der Waals surface area contributed by atoms with Crippen LogP contribution in [0.5, 0.6) is 0 Å². The van der Waals surface area contributed by atoms with Gasteiger partial charge in [0.25, 0.3) is 5.69 Å². The van der Waals surface area contributed by atoms with E-state index in [1.165, 1.54) is 18.2 Å². The van der Waals surface area contributed by atoms with Gasteiger partial charge in [-0.1, -0.05) is 31.0 Å². The van der Waals surface area contributed by atoms with Crippen LogP contribution in [0.3, 0.4) is 0 Å². The molecule has 0 atom stereocenters. The minimum Gasteiger partial charge on any atom is -0.462 e. The van der Waals surface area contributed by atoms with Crippen molar-refractivity contribution in [2.45, 2.75) is 19.8 Å². The van der Waals surface area contributed by atoms with Crippen LogP contribution >= 0.6 is 11.6 Å². The van der Waals surface area contributed by atoms with Gasteiger partial charge in [-0.2, -0.15) is 0 Å². The fraction of sp³-hybridized carbons (Fsp3) is 0.364. The fourth-order valence-corrected chi connectivity index (χ4v) is 1.50. The van der Waals surface area contributed by atoms with Crippen molar-refractivity contribution in [2.75, 3.05) is 6.61 Å². The molecule has 1 aromatic carbocycles. The number of esters is 1. The van der Waals surface area contributed by atoms with E-state index >= 15 is 0 Å². The molecule has 0 saturated heterocycles. The molecule has 0 aliphatic rings. The topological polar surface area (TPSA) is 69.4 Å². The van der Waals surface area contributed by atoms with Gasteiger partial charge in [-0.05, 0) is 12.5 Å². The predicted octanol–water partition coefficient (Wildman–Crippen LogP) is 3.21. The number of halogens is 1. The van der Waals surface area contributed by atoms with Crippen molar-refractivity contribution in [1.82, 2.24) is 0 Å². The van der Waals surface area contributed by atoms with Gasteiger partial charge in [0.2, 0.25) is 0 Å². The van der Waals surface area contributed by atoms with E-state index < -0.39 is 10.9 Å². The monoisotopic (exact) mass is 257 g/mol. The maximum Gasteiger partial charge on any atom is 0.346 e. The number of benzene rings is 1. The quantitative estimate of drug-likeness (QED) is 0.351. The Labute approximate surface area is 103 Å². The summed E-state index contributed by atoms with van der Waals surface area (Å²) in [5.41, 5.74) is -0.519. The number of nitro groups is 1. The number of unbranched alkanes of at least 4 members (excludes halogenated alkanes) is 1. The second-order valence-corrected chi connectivity index (χ2v) is 3.79. The standard InChI is InChI=1S/C11H12ClNO4/c1-2-3-7-17-11(14)10-8(12)5-4-6-9(10)13(15)16/h4-6H,2-3,7H2,1H3. The molecule has 0 saturated carbocycles. The zero-order valence-corrected chi connectivity index (χ0v) is 10.1. The molecular weight excluding hydrogens is 246 g/mol. The number of hydrogen-bond acceptors (Lipinski definition) is 4. The Morgan fingerprint density at radius 1 is 1.53 bits per heavy atom. The molecule has 0 aliphatic heterocycles. The molecule has 0 spiro atoms. The van der Waals surface area contributed by atoms with Crippen molar-refractivity contribution in [1.29, 1.82) is 0 Å². The highest BCUT2D eigenvalue weighted by Crippen LogP contribution is 2.26. The number of hydrogen-bond donors (Lipinski definition) is 0. The number of carbonyl (C=O) groups is 1. The van der Waals surface area contributed by atoms with E-state index in [1.54, 1.807) is 0 Å². The first-order valence-electron chi connectivity index (χ1n) is 5.18. The first kappa shape index (κ1) is 13.4. The molecule has 5 nitrogen and oxygen atoms in total. The van der Waals surface area contributed by atoms with Gasteiger partial charge in [0, 0.05) is 6.07 Å². The first-order valence-corrected chi connectivity index (χ1v) is 5.55. The number of nitro benzene ring substituents is 1. The van der Waals surface area contributed by atoms with Gasteiger partial charge in [0.05, 0.1) is 16.6 Å². The summed E-state index contributed by atoms with van der Waals surface area (Å²) in [5, 5.41) is 10.8. The highest BCUT2D eigenvalue weighted by Gasteiger charge is 2.24. The van der Waals surface area contributed by atoms with Crippen LogP contribution in [-0.2, 0) is 4.74 Å². The molecule has 0 bridgehead atoms. The predicted molar refractivity (Wildman–Crippen MR) is 63.3 cm³/mol. The van der Waals surface area contributed by atoms with Crippen molar-refractivity contribution in [2.24, 2.45) is 0 Å². The minimum absolute atomic E-state index is 0.0284. The smallest absolute Gasteiger partial charge is 0.346 e. The summed E-state index contributed by atoms with van der Waals surface area (Å²) in [6.07, 6.45) is 1.59. The lowest BCUT2D eigenvalue weighted by atomic mass is 10.2. The van der Waals surface area contributed by atoms with Crippen molar-refractivity contribution in [3.8, 4) is 0 Å². The van der Waals surface area contributed by atoms with Gasteiger partial charge in [-0.3, -0.25) is 10.1 Å². The molecule has 6 heteroatoms. The zero-order valence-electron chi connectivity index (χ0n) is 9.31. The van der Waals surface area contributed by atoms with Gasteiger partial charge >= 0.3 is 5.97 Å². The molecule has 0 heterocycles. The third-order valence-electron chi connectivity index (χ3n) is 2.12. The SMILES string of the molecule is CCCCOC(=O)c1c(Cl)cccc1[N+](=O)[O-]. The summed E-state index contributed by atoms with van der Waals surface area (Å²) in [5.74, 6) is -0.754. The van der Waals surface area contributed by atoms with Gasteiger partial charge in [0.15, 0.2) is 5.56 Å². The molecule has 0 unspecified atom stereocenters. The van der Waals surface area contributed by atoms with Crippen LogP contribution in [0.2, 0.25) is 5.02 Å². The van der Waals surface area contributed by atoms with Crippen molar-refractivity contribution in [3.63, 3.8) is 0 Å². The Kier molecular flexibility index (Phi) is 4.90. The highest BCUT2D eigenvalue weighted by molar-refractivity contribution is 6.34. The summed E-state index contributed by atoms with van der Waals surface area (Å²) in [6.45, 7) is 2.18. The Bertz CT molecular complexity index is 433. The molecule has 0 aromatic heterocycles. The molecular formula is C11H12ClNO4. The van der Waals surface area contributed by atoms with E-state index in [2.05, 4.69) is 0 Å². The van der Waals surface area contributed by atoms with E-state index in [9.17, 15) is 14.9 Å². The zero-order chi connectivity index (χ0) is 12.8. The molecule has 0 radical (unpaired) electrons. The van der Waals surface area contributed by atoms with Crippen LogP contribution in [0, 0.1) is 10.1 Å². The lowest BCUT2D eigenvalue weighted by Gasteiger charge is -2.05. The molecule has 0 amide bonds. The van der Waals surface area contributed by atoms with Crippen LogP contribution in [0.4, 0.5) is 5.69 Å². The lowest BCUT2D eigenvalue weighted by Crippen LogP contribution is -2.09. The third-order valence-corrected chi connectivity index (χ3v) is 2.44. The number of nitrogens with zero attached hydrogens (tertiary/aromatic N) is 1. The average molecular weight is 258 g/mol. The number of carbonyl (C=O) groups excluding carboxylic acids is 1. The molecule has 1 rings (SSSR count). The Morgan fingerprint density at radius 3 is 2.82 bits per heavy atom. The Morgan fingerprint density at radius 2 is 2.24 bits per heavy atom. The van der Waals surface area contributed by atoms with Gasteiger partial charge < -0.3 is 4.74 Å². The van der Waals surface area contributed by atoms with Gasteiger partial charge in [-0.15, -0.1) is 0 Å². The first-order chi connectivity index (χ1) is 8.07. The highest BCUT2D eigenvalue weighted by atomic mass is 35.5. The van der Waals surface area contributed by atoms with Crippen molar-refractivity contribution < 1.29 is 14.5 Å². The largest absolute Gasteiger partial charge is 0.462 e. The molecule has 92 valence electrons. The number of ether oxygens (including phenoxy) is 1. The van der Waals surface area contributed by atoms with Crippen LogP contribution in [0.15, 0.2) is 18.2 Å². The minimum atomic E-state index is -0.754. The van der Waals surface area contributed by atoms with E-state index in [4.69, 9.17) is 16.3 Å². The number of rotatable bonds is 5. The normalized spacial score (nSPS) is 10.0. The van der Waals surface area contributed by atoms with Gasteiger partial charge in [-0.25, -0.2) is 4.79 Å². The maximum atomic E-state index is 11.7. The van der Waals surface area contributed by atoms with Crippen LogP contribution in [-0.4, -0.2) is 17.5 Å². The van der Waals surface area contributed by atoms with Gasteiger partial charge in [0.1, 0.15) is 0 Å². The molecule has 0 fully saturated rings. The summed E-state index contributed by atoms with van der Waals surface area (Å²) in [7, 11) is 0. The van der Waals surface area contributed by atoms with E-state index in [-0.39, 0.29) is 22.9 Å². The van der Waals surface area contributed by atoms with E-state index in [0.29, 0.717) is 6.42 Å². The van der Waals surface area contributed by atoms with Crippen LogP contribution < -0.4 is 0 Å². The third kappa shape index (κ3) is 3.42. The summed E-state index contributed by atoms with van der Waals surface area (Å²) in [6, 6.07) is 4.07.